The van der Waals surface area contributed by atoms with Gasteiger partial charge in [-0.25, -0.2) is 4.98 Å². The smallest absolute Gasteiger partial charge is 0.225 e. The molecule has 184 valence electrons. The maximum atomic E-state index is 12.5. The van der Waals surface area contributed by atoms with Crippen LogP contribution in [0.3, 0.4) is 0 Å². The van der Waals surface area contributed by atoms with Crippen molar-refractivity contribution in [3.8, 4) is 6.07 Å². The maximum Gasteiger partial charge on any atom is 0.225 e. The molecule has 2 saturated carbocycles. The number of nitrogens with zero attached hydrogens (tertiary/aromatic N) is 6. The monoisotopic (exact) mass is 466 g/mol. The van der Waals surface area contributed by atoms with E-state index in [1.54, 1.807) is 7.11 Å². The second-order valence-electron chi connectivity index (χ2n) is 10.5. The summed E-state index contributed by atoms with van der Waals surface area (Å²) in [5.74, 6) is 2.38. The number of rotatable bonds is 8. The Balaban J connectivity index is 1.31. The minimum Gasteiger partial charge on any atom is -0.384 e. The highest BCUT2D eigenvalue weighted by atomic mass is 16.5. The molecule has 4 fully saturated rings. The molecular weight excluding hydrogens is 428 g/mol. The summed E-state index contributed by atoms with van der Waals surface area (Å²) in [4.78, 5) is 26.9. The minimum absolute atomic E-state index is 0.0787. The van der Waals surface area contributed by atoms with Gasteiger partial charge in [0.25, 0.3) is 0 Å². The van der Waals surface area contributed by atoms with E-state index in [-0.39, 0.29) is 11.9 Å². The molecule has 4 aliphatic rings. The van der Waals surface area contributed by atoms with E-state index in [4.69, 9.17) is 9.72 Å². The highest BCUT2D eigenvalue weighted by Gasteiger charge is 2.35. The lowest BCUT2D eigenvalue weighted by Crippen LogP contribution is -2.54. The molecule has 0 spiro atoms. The summed E-state index contributed by atoms with van der Waals surface area (Å²) in [5, 5.41) is 10.0. The summed E-state index contributed by atoms with van der Waals surface area (Å²) in [6.07, 6.45) is 5.58. The molecule has 1 aromatic heterocycles. The predicted molar refractivity (Wildman–Crippen MR) is 132 cm³/mol. The maximum absolute atomic E-state index is 12.5. The summed E-state index contributed by atoms with van der Waals surface area (Å²) in [6, 6.07) is 4.62. The zero-order valence-corrected chi connectivity index (χ0v) is 20.7. The van der Waals surface area contributed by atoms with Crippen molar-refractivity contribution in [1.29, 1.82) is 5.26 Å². The van der Waals surface area contributed by atoms with Gasteiger partial charge in [-0.1, -0.05) is 0 Å². The van der Waals surface area contributed by atoms with E-state index in [2.05, 4.69) is 33.8 Å². The number of pyridine rings is 1. The van der Waals surface area contributed by atoms with Gasteiger partial charge in [0.1, 0.15) is 11.9 Å². The third-order valence-corrected chi connectivity index (χ3v) is 7.79. The molecule has 2 aliphatic heterocycles. The number of hydrogen-bond donors (Lipinski definition) is 0. The van der Waals surface area contributed by atoms with Crippen molar-refractivity contribution in [1.82, 2.24) is 14.8 Å². The fourth-order valence-electron chi connectivity index (χ4n) is 5.43. The molecule has 1 amide bonds. The fourth-order valence-corrected chi connectivity index (χ4v) is 5.43. The lowest BCUT2D eigenvalue weighted by molar-refractivity contribution is -0.134. The van der Waals surface area contributed by atoms with Crippen molar-refractivity contribution in [3.05, 3.63) is 17.3 Å². The minimum atomic E-state index is 0.0787. The van der Waals surface area contributed by atoms with Crippen molar-refractivity contribution >= 4 is 17.4 Å². The molecule has 2 saturated heterocycles. The first-order valence-corrected chi connectivity index (χ1v) is 13.0. The number of carbonyl (C=O) groups is 1. The molecule has 0 bridgehead atoms. The number of carbonyl (C=O) groups excluding carboxylic acids is 1. The molecular formula is C26H38N6O2. The largest absolute Gasteiger partial charge is 0.384 e. The van der Waals surface area contributed by atoms with E-state index in [1.807, 2.05) is 4.90 Å². The quantitative estimate of drug-likeness (QED) is 0.582. The average molecular weight is 467 g/mol. The lowest BCUT2D eigenvalue weighted by Gasteiger charge is -2.41. The van der Waals surface area contributed by atoms with Gasteiger partial charge in [0.2, 0.25) is 5.91 Å². The van der Waals surface area contributed by atoms with Crippen LogP contribution < -0.4 is 9.80 Å². The third-order valence-electron chi connectivity index (χ3n) is 7.79. The van der Waals surface area contributed by atoms with Gasteiger partial charge in [0.05, 0.1) is 30.0 Å². The second kappa shape index (κ2) is 10.1. The second-order valence-corrected chi connectivity index (χ2v) is 10.5. The normalized spacial score (nSPS) is 23.8. The summed E-state index contributed by atoms with van der Waals surface area (Å²) < 4.78 is 5.08. The summed E-state index contributed by atoms with van der Waals surface area (Å²) >= 11 is 0. The van der Waals surface area contributed by atoms with Crippen LogP contribution in [0.5, 0.6) is 0 Å². The van der Waals surface area contributed by atoms with E-state index in [0.717, 1.165) is 37.9 Å². The number of hydrogen-bond acceptors (Lipinski definition) is 7. The van der Waals surface area contributed by atoms with Crippen molar-refractivity contribution < 1.29 is 9.53 Å². The van der Waals surface area contributed by atoms with Crippen LogP contribution in [0.25, 0.3) is 0 Å². The molecule has 0 unspecified atom stereocenters. The molecule has 1 aromatic rings. The molecule has 5 rings (SSSR count). The van der Waals surface area contributed by atoms with Crippen LogP contribution in [-0.4, -0.2) is 92.8 Å². The van der Waals surface area contributed by atoms with Gasteiger partial charge < -0.3 is 19.4 Å². The molecule has 0 radical (unpaired) electrons. The van der Waals surface area contributed by atoms with Crippen LogP contribution in [0.1, 0.15) is 56.2 Å². The summed E-state index contributed by atoms with van der Waals surface area (Å²) in [7, 11) is 1.62. The van der Waals surface area contributed by atoms with Crippen LogP contribution in [0.2, 0.25) is 0 Å². The Labute approximate surface area is 203 Å². The Bertz CT molecular complexity index is 930. The summed E-state index contributed by atoms with van der Waals surface area (Å²) in [5.41, 5.74) is 3.01. The SMILES string of the molecule is COCCC(=O)N1CCN(c2nc(C3CC3)c(N3CCN(CC4CC4)CC3)cc2C#N)C[C@H]1C. The number of anilines is 2. The number of piperazine rings is 2. The number of aromatic nitrogens is 1. The number of methoxy groups -OCH3 is 1. The average Bonchev–Trinajstić information content (AvgIpc) is 3.77. The van der Waals surface area contributed by atoms with Gasteiger partial charge >= 0.3 is 0 Å². The van der Waals surface area contributed by atoms with Crippen LogP contribution in [0.4, 0.5) is 11.5 Å². The first-order chi connectivity index (χ1) is 16.6. The Morgan fingerprint density at radius 3 is 2.47 bits per heavy atom. The molecule has 8 nitrogen and oxygen atoms in total. The van der Waals surface area contributed by atoms with E-state index >= 15 is 0 Å². The van der Waals surface area contributed by atoms with E-state index in [1.165, 1.54) is 43.6 Å². The Kier molecular flexibility index (Phi) is 6.94. The zero-order chi connectivity index (χ0) is 23.7. The van der Waals surface area contributed by atoms with Crippen LogP contribution >= 0.6 is 0 Å². The van der Waals surface area contributed by atoms with E-state index in [9.17, 15) is 10.1 Å². The number of ether oxygens (including phenoxy) is 1. The highest BCUT2D eigenvalue weighted by molar-refractivity contribution is 5.77. The Morgan fingerprint density at radius 1 is 1.12 bits per heavy atom. The Hall–Kier alpha value is -2.37. The molecule has 1 atom stereocenters. The third kappa shape index (κ3) is 5.16. The van der Waals surface area contributed by atoms with Gasteiger partial charge in [-0.3, -0.25) is 9.69 Å². The standard InChI is InChI=1S/C26H38N6O2/c1-19-17-31(12-13-32(19)24(33)7-14-34-2)26-22(16-27)15-23(25(28-26)21-5-6-21)30-10-8-29(9-11-30)18-20-3-4-20/h15,19-21H,3-14,17-18H2,1-2H3/t19-/m1/s1. The summed E-state index contributed by atoms with van der Waals surface area (Å²) in [6.45, 7) is 10.1. The van der Waals surface area contributed by atoms with Gasteiger partial charge in [-0.05, 0) is 44.6 Å². The van der Waals surface area contributed by atoms with Crippen molar-refractivity contribution in [3.63, 3.8) is 0 Å². The van der Waals surface area contributed by atoms with Crippen molar-refractivity contribution in [2.45, 2.75) is 51.0 Å². The predicted octanol–water partition coefficient (Wildman–Crippen LogP) is 2.44. The fraction of sp³-hybridized carbons (Fsp3) is 0.731. The Morgan fingerprint density at radius 2 is 1.85 bits per heavy atom. The van der Waals surface area contributed by atoms with Gasteiger partial charge in [-0.15, -0.1) is 0 Å². The molecule has 3 heterocycles. The van der Waals surface area contributed by atoms with Gasteiger partial charge in [0, 0.05) is 71.4 Å². The van der Waals surface area contributed by atoms with Gasteiger partial charge in [0.15, 0.2) is 0 Å². The zero-order valence-electron chi connectivity index (χ0n) is 20.7. The molecule has 0 aromatic carbocycles. The van der Waals surface area contributed by atoms with Crippen LogP contribution in [0, 0.1) is 17.2 Å². The van der Waals surface area contributed by atoms with Crippen molar-refractivity contribution in [2.24, 2.45) is 5.92 Å². The van der Waals surface area contributed by atoms with Gasteiger partial charge in [-0.2, -0.15) is 5.26 Å². The van der Waals surface area contributed by atoms with Crippen LogP contribution in [0.15, 0.2) is 6.07 Å². The molecule has 34 heavy (non-hydrogen) atoms. The topological polar surface area (TPSA) is 75.9 Å². The molecule has 2 aliphatic carbocycles. The van der Waals surface area contributed by atoms with Crippen molar-refractivity contribution in [2.75, 3.05) is 75.9 Å². The molecule has 0 N–H and O–H groups in total. The lowest BCUT2D eigenvalue weighted by atomic mass is 10.1. The first kappa shape index (κ1) is 23.4. The first-order valence-electron chi connectivity index (χ1n) is 13.0. The molecule has 8 heteroatoms. The number of nitriles is 1. The van der Waals surface area contributed by atoms with E-state index < -0.39 is 0 Å². The van der Waals surface area contributed by atoms with E-state index in [0.29, 0.717) is 44.1 Å². The number of amides is 1. The highest BCUT2D eigenvalue weighted by Crippen LogP contribution is 2.45. The van der Waals surface area contributed by atoms with Crippen LogP contribution in [-0.2, 0) is 9.53 Å².